The Kier molecular flexibility index (Phi) is 4.37. The van der Waals surface area contributed by atoms with E-state index in [1.807, 2.05) is 0 Å². The van der Waals surface area contributed by atoms with Gasteiger partial charge in [0.25, 0.3) is 0 Å². The van der Waals surface area contributed by atoms with Crippen LogP contribution in [0.3, 0.4) is 0 Å². The summed E-state index contributed by atoms with van der Waals surface area (Å²) in [6, 6.07) is 0. The minimum absolute atomic E-state index is 0.00963. The van der Waals surface area contributed by atoms with E-state index in [4.69, 9.17) is 5.11 Å². The van der Waals surface area contributed by atoms with E-state index in [0.29, 0.717) is 25.9 Å². The Morgan fingerprint density at radius 1 is 1.22 bits per heavy atom. The molecule has 1 amide bonds. The van der Waals surface area contributed by atoms with E-state index in [0.717, 1.165) is 0 Å². The van der Waals surface area contributed by atoms with Crippen LogP contribution in [0, 0.1) is 5.41 Å². The summed E-state index contributed by atoms with van der Waals surface area (Å²) in [4.78, 5) is 24.5. The van der Waals surface area contributed by atoms with Crippen LogP contribution in [0.1, 0.15) is 46.5 Å². The van der Waals surface area contributed by atoms with Crippen LogP contribution < -0.4 is 0 Å². The third-order valence-electron chi connectivity index (χ3n) is 3.45. The molecule has 1 aliphatic rings. The third kappa shape index (κ3) is 4.64. The Morgan fingerprint density at radius 2 is 1.72 bits per heavy atom. The Labute approximate surface area is 108 Å². The molecule has 1 fully saturated rings. The third-order valence-corrected chi connectivity index (χ3v) is 3.45. The number of piperidine rings is 1. The van der Waals surface area contributed by atoms with Crippen LogP contribution in [-0.2, 0) is 9.59 Å². The van der Waals surface area contributed by atoms with Crippen LogP contribution in [-0.4, -0.2) is 45.7 Å². The molecular formula is C13H23NO4. The zero-order valence-electron chi connectivity index (χ0n) is 11.4. The SMILES string of the molecule is CC(C)(CC(=O)O)CC(=O)N1CCC(C)(O)CC1. The van der Waals surface area contributed by atoms with Gasteiger partial charge in [-0.25, -0.2) is 0 Å². The number of carbonyl (C=O) groups is 2. The molecule has 104 valence electrons. The predicted molar refractivity (Wildman–Crippen MR) is 67.1 cm³/mol. The van der Waals surface area contributed by atoms with Gasteiger partial charge >= 0.3 is 5.97 Å². The van der Waals surface area contributed by atoms with Crippen LogP contribution in [0.5, 0.6) is 0 Å². The Balaban J connectivity index is 2.49. The van der Waals surface area contributed by atoms with Gasteiger partial charge in [-0.15, -0.1) is 0 Å². The first-order valence-electron chi connectivity index (χ1n) is 6.33. The van der Waals surface area contributed by atoms with Crippen molar-refractivity contribution in [2.75, 3.05) is 13.1 Å². The first-order chi connectivity index (χ1) is 8.11. The number of hydrogen-bond acceptors (Lipinski definition) is 3. The summed E-state index contributed by atoms with van der Waals surface area (Å²) in [5, 5.41) is 18.6. The van der Waals surface area contributed by atoms with Crippen LogP contribution in [0.25, 0.3) is 0 Å². The van der Waals surface area contributed by atoms with E-state index in [2.05, 4.69) is 0 Å². The smallest absolute Gasteiger partial charge is 0.303 e. The van der Waals surface area contributed by atoms with Crippen molar-refractivity contribution < 1.29 is 19.8 Å². The van der Waals surface area contributed by atoms with Gasteiger partial charge < -0.3 is 15.1 Å². The minimum Gasteiger partial charge on any atom is -0.481 e. The van der Waals surface area contributed by atoms with E-state index >= 15 is 0 Å². The molecule has 2 N–H and O–H groups in total. The number of carboxylic acids is 1. The number of hydrogen-bond donors (Lipinski definition) is 2. The number of carboxylic acid groups (broad SMARTS) is 1. The lowest BCUT2D eigenvalue weighted by molar-refractivity contribution is -0.141. The van der Waals surface area contributed by atoms with E-state index in [1.165, 1.54) is 0 Å². The number of nitrogens with zero attached hydrogens (tertiary/aromatic N) is 1. The second-order valence-electron chi connectivity index (χ2n) is 6.29. The molecule has 1 rings (SSSR count). The molecule has 1 heterocycles. The molecule has 1 saturated heterocycles. The minimum atomic E-state index is -0.880. The lowest BCUT2D eigenvalue weighted by Gasteiger charge is -2.37. The maximum atomic E-state index is 12.1. The van der Waals surface area contributed by atoms with E-state index in [9.17, 15) is 14.7 Å². The summed E-state index contributed by atoms with van der Waals surface area (Å²) in [5.74, 6) is -0.897. The molecule has 5 heteroatoms. The highest BCUT2D eigenvalue weighted by Gasteiger charge is 2.32. The van der Waals surface area contributed by atoms with Crippen molar-refractivity contribution in [3.8, 4) is 0 Å². The van der Waals surface area contributed by atoms with Crippen molar-refractivity contribution in [1.82, 2.24) is 4.90 Å². The number of aliphatic carboxylic acids is 1. The number of carbonyl (C=O) groups excluding carboxylic acids is 1. The number of amides is 1. The molecule has 0 unspecified atom stereocenters. The van der Waals surface area contributed by atoms with Gasteiger partial charge in [-0.1, -0.05) is 13.8 Å². The van der Waals surface area contributed by atoms with Crippen molar-refractivity contribution in [1.29, 1.82) is 0 Å². The summed E-state index contributed by atoms with van der Waals surface area (Å²) in [5.41, 5.74) is -1.20. The number of aliphatic hydroxyl groups is 1. The molecule has 18 heavy (non-hydrogen) atoms. The monoisotopic (exact) mass is 257 g/mol. The second-order valence-corrected chi connectivity index (χ2v) is 6.29. The summed E-state index contributed by atoms with van der Waals surface area (Å²) >= 11 is 0. The highest BCUT2D eigenvalue weighted by Crippen LogP contribution is 2.28. The standard InChI is InChI=1S/C13H23NO4/c1-12(2,9-11(16)17)8-10(15)14-6-4-13(3,18)5-7-14/h18H,4-9H2,1-3H3,(H,16,17). The van der Waals surface area contributed by atoms with Crippen molar-refractivity contribution >= 4 is 11.9 Å². The van der Waals surface area contributed by atoms with E-state index in [-0.39, 0.29) is 18.7 Å². The van der Waals surface area contributed by atoms with Crippen molar-refractivity contribution in [2.24, 2.45) is 5.41 Å². The normalized spacial score (nSPS) is 19.7. The van der Waals surface area contributed by atoms with Gasteiger partial charge in [0.15, 0.2) is 0 Å². The molecule has 1 aliphatic heterocycles. The van der Waals surface area contributed by atoms with Crippen molar-refractivity contribution in [2.45, 2.75) is 52.1 Å². The average Bonchev–Trinajstić information content (AvgIpc) is 2.13. The molecule has 0 spiro atoms. The zero-order chi connectivity index (χ0) is 14.0. The van der Waals surface area contributed by atoms with Gasteiger partial charge in [-0.3, -0.25) is 9.59 Å². The molecule has 0 radical (unpaired) electrons. The van der Waals surface area contributed by atoms with Gasteiger partial charge in [-0.05, 0) is 25.2 Å². The first kappa shape index (κ1) is 15.0. The van der Waals surface area contributed by atoms with Gasteiger partial charge in [0.05, 0.1) is 12.0 Å². The molecule has 0 bridgehead atoms. The van der Waals surface area contributed by atoms with E-state index in [1.54, 1.807) is 25.7 Å². The molecule has 0 atom stereocenters. The van der Waals surface area contributed by atoms with Gasteiger partial charge in [0.2, 0.25) is 5.91 Å². The Bertz CT molecular complexity index is 326. The fourth-order valence-electron chi connectivity index (χ4n) is 2.23. The van der Waals surface area contributed by atoms with Crippen LogP contribution in [0.4, 0.5) is 0 Å². The largest absolute Gasteiger partial charge is 0.481 e. The van der Waals surface area contributed by atoms with Gasteiger partial charge in [0.1, 0.15) is 0 Å². The number of likely N-dealkylation sites (tertiary alicyclic amines) is 1. The highest BCUT2D eigenvalue weighted by atomic mass is 16.4. The molecule has 5 nitrogen and oxygen atoms in total. The van der Waals surface area contributed by atoms with Gasteiger partial charge in [-0.2, -0.15) is 0 Å². The molecular weight excluding hydrogens is 234 g/mol. The molecule has 0 saturated carbocycles. The maximum Gasteiger partial charge on any atom is 0.303 e. The Morgan fingerprint density at radius 3 is 2.17 bits per heavy atom. The second kappa shape index (κ2) is 5.26. The summed E-state index contributed by atoms with van der Waals surface area (Å²) in [7, 11) is 0. The zero-order valence-corrected chi connectivity index (χ0v) is 11.4. The molecule has 0 aromatic carbocycles. The lowest BCUT2D eigenvalue weighted by atomic mass is 9.84. The first-order valence-corrected chi connectivity index (χ1v) is 6.33. The van der Waals surface area contributed by atoms with Crippen LogP contribution >= 0.6 is 0 Å². The fraction of sp³-hybridized carbons (Fsp3) is 0.846. The Hall–Kier alpha value is -1.10. The maximum absolute atomic E-state index is 12.1. The molecule has 0 aliphatic carbocycles. The van der Waals surface area contributed by atoms with E-state index < -0.39 is 17.0 Å². The highest BCUT2D eigenvalue weighted by molar-refractivity contribution is 5.78. The van der Waals surface area contributed by atoms with Crippen molar-refractivity contribution in [3.05, 3.63) is 0 Å². The lowest BCUT2D eigenvalue weighted by Crippen LogP contribution is -2.46. The quantitative estimate of drug-likeness (QED) is 0.794. The fourth-order valence-corrected chi connectivity index (χ4v) is 2.23. The summed E-state index contributed by atoms with van der Waals surface area (Å²) < 4.78 is 0. The summed E-state index contributed by atoms with van der Waals surface area (Å²) in [6.45, 7) is 6.46. The number of rotatable bonds is 4. The molecule has 0 aromatic heterocycles. The van der Waals surface area contributed by atoms with Crippen LogP contribution in [0.15, 0.2) is 0 Å². The average molecular weight is 257 g/mol. The van der Waals surface area contributed by atoms with Crippen LogP contribution in [0.2, 0.25) is 0 Å². The van der Waals surface area contributed by atoms with Crippen molar-refractivity contribution in [3.63, 3.8) is 0 Å². The summed E-state index contributed by atoms with van der Waals surface area (Å²) in [6.07, 6.45) is 1.39. The molecule has 0 aromatic rings. The topological polar surface area (TPSA) is 77.8 Å². The van der Waals surface area contributed by atoms with Gasteiger partial charge in [0, 0.05) is 19.5 Å². The predicted octanol–water partition coefficient (Wildman–Crippen LogP) is 1.25.